The minimum absolute atomic E-state index is 0.464. The van der Waals surface area contributed by atoms with Crippen LogP contribution in [0.15, 0.2) is 42.9 Å². The van der Waals surface area contributed by atoms with E-state index in [1.807, 2.05) is 31.3 Å². The fourth-order valence-electron chi connectivity index (χ4n) is 3.70. The van der Waals surface area contributed by atoms with Crippen molar-refractivity contribution in [3.05, 3.63) is 54.1 Å². The van der Waals surface area contributed by atoms with Gasteiger partial charge in [-0.2, -0.15) is 5.10 Å². The third-order valence-corrected chi connectivity index (χ3v) is 5.42. The Balaban J connectivity index is 1.52. The zero-order valence-corrected chi connectivity index (χ0v) is 16.6. The van der Waals surface area contributed by atoms with Crippen molar-refractivity contribution in [3.63, 3.8) is 0 Å². The summed E-state index contributed by atoms with van der Waals surface area (Å²) in [5.74, 6) is 2.68. The number of anilines is 3. The van der Waals surface area contributed by atoms with Crippen LogP contribution >= 0.6 is 0 Å². The van der Waals surface area contributed by atoms with E-state index in [1.165, 1.54) is 18.5 Å². The number of nitrogens with one attached hydrogen (secondary N) is 1. The first-order valence-electron chi connectivity index (χ1n) is 9.94. The van der Waals surface area contributed by atoms with E-state index in [1.54, 1.807) is 12.4 Å². The van der Waals surface area contributed by atoms with Gasteiger partial charge in [-0.25, -0.2) is 9.97 Å². The third kappa shape index (κ3) is 3.29. The predicted octanol–water partition coefficient (Wildman–Crippen LogP) is 4.42. The van der Waals surface area contributed by atoms with Crippen molar-refractivity contribution in [1.82, 2.24) is 24.7 Å². The molecule has 5 rings (SSSR count). The molecule has 0 spiro atoms. The highest BCUT2D eigenvalue weighted by atomic mass is 15.3. The van der Waals surface area contributed by atoms with Crippen molar-refractivity contribution in [3.8, 4) is 11.3 Å². The minimum Gasteiger partial charge on any atom is -0.383 e. The molecule has 1 saturated carbocycles. The number of nitrogens with two attached hydrogens (primary N) is 1. The molecule has 3 N–H and O–H groups in total. The number of fused-ring (bicyclic) bond motifs is 1. The fourth-order valence-corrected chi connectivity index (χ4v) is 3.70. The number of pyridine rings is 3. The smallest absolute Gasteiger partial charge is 0.153 e. The highest BCUT2D eigenvalue weighted by Crippen LogP contribution is 2.41. The number of hydrogen-bond donors (Lipinski definition) is 2. The molecule has 4 aromatic rings. The van der Waals surface area contributed by atoms with E-state index in [9.17, 15) is 0 Å². The molecule has 7 nitrogen and oxygen atoms in total. The van der Waals surface area contributed by atoms with Crippen molar-refractivity contribution < 1.29 is 0 Å². The summed E-state index contributed by atoms with van der Waals surface area (Å²) in [7, 11) is 0. The zero-order valence-electron chi connectivity index (χ0n) is 16.6. The molecule has 0 aromatic carbocycles. The lowest BCUT2D eigenvalue weighted by molar-refractivity contribution is 0.625. The van der Waals surface area contributed by atoms with Gasteiger partial charge in [0.05, 0.1) is 5.69 Å². The quantitative estimate of drug-likeness (QED) is 0.528. The molecule has 4 heterocycles. The van der Waals surface area contributed by atoms with Crippen LogP contribution in [0.3, 0.4) is 0 Å². The molecular formula is C22H23N7. The molecule has 0 aliphatic heterocycles. The van der Waals surface area contributed by atoms with Crippen molar-refractivity contribution in [2.75, 3.05) is 11.1 Å². The number of aromatic nitrogens is 5. The minimum atomic E-state index is 0.464. The molecule has 29 heavy (non-hydrogen) atoms. The average Bonchev–Trinajstić information content (AvgIpc) is 3.48. The lowest BCUT2D eigenvalue weighted by Crippen LogP contribution is -2.02. The van der Waals surface area contributed by atoms with Gasteiger partial charge in [-0.1, -0.05) is 0 Å². The summed E-state index contributed by atoms with van der Waals surface area (Å²) in [4.78, 5) is 13.3. The van der Waals surface area contributed by atoms with Gasteiger partial charge >= 0.3 is 0 Å². The molecule has 0 saturated heterocycles. The second-order valence-electron chi connectivity index (χ2n) is 7.54. The Morgan fingerprint density at radius 3 is 2.79 bits per heavy atom. The fraction of sp³-hybridized carbons (Fsp3) is 0.273. The Labute approximate surface area is 169 Å². The van der Waals surface area contributed by atoms with E-state index in [0.29, 0.717) is 11.7 Å². The molecule has 0 amide bonds. The number of hydrogen-bond acceptors (Lipinski definition) is 6. The summed E-state index contributed by atoms with van der Waals surface area (Å²) in [5.41, 5.74) is 10.4. The van der Waals surface area contributed by atoms with E-state index >= 15 is 0 Å². The molecule has 0 radical (unpaired) electrons. The molecule has 4 aromatic heterocycles. The largest absolute Gasteiger partial charge is 0.383 e. The van der Waals surface area contributed by atoms with Crippen molar-refractivity contribution >= 4 is 28.2 Å². The van der Waals surface area contributed by atoms with Gasteiger partial charge in [-0.15, -0.1) is 0 Å². The van der Waals surface area contributed by atoms with Gasteiger partial charge < -0.3 is 11.1 Å². The van der Waals surface area contributed by atoms with Crippen LogP contribution in [-0.4, -0.2) is 24.7 Å². The Morgan fingerprint density at radius 2 is 2.03 bits per heavy atom. The van der Waals surface area contributed by atoms with Crippen LogP contribution < -0.4 is 11.1 Å². The number of nitrogens with zero attached hydrogens (tertiary/aromatic N) is 5. The van der Waals surface area contributed by atoms with Gasteiger partial charge in [-0.3, -0.25) is 9.67 Å². The van der Waals surface area contributed by atoms with Crippen LogP contribution in [0.1, 0.15) is 36.9 Å². The Morgan fingerprint density at radius 1 is 1.17 bits per heavy atom. The Bertz CT molecular complexity index is 1210. The molecule has 0 unspecified atom stereocenters. The van der Waals surface area contributed by atoms with Gasteiger partial charge in [0, 0.05) is 53.8 Å². The predicted molar refractivity (Wildman–Crippen MR) is 115 cm³/mol. The Kier molecular flexibility index (Phi) is 4.16. The maximum absolute atomic E-state index is 6.22. The summed E-state index contributed by atoms with van der Waals surface area (Å²) in [6, 6.07) is 8.13. The third-order valence-electron chi connectivity index (χ3n) is 5.42. The van der Waals surface area contributed by atoms with Gasteiger partial charge in [0.1, 0.15) is 11.6 Å². The van der Waals surface area contributed by atoms with E-state index in [2.05, 4.69) is 43.0 Å². The van der Waals surface area contributed by atoms with Crippen molar-refractivity contribution in [2.45, 2.75) is 39.2 Å². The standard InChI is InChI=1S/C22H23N7/c1-3-29-19(14-4-5-14)10-21(28-29)27-20-9-15-8-18(16-11-24-7-6-13(16)2)26-22(23)17(15)12-25-20/h6-12,14H,3-5H2,1-2H3,(H2,23,26)(H,25,27,28). The van der Waals surface area contributed by atoms with E-state index in [0.717, 1.165) is 45.8 Å². The SMILES string of the molecule is CCn1nc(Nc2cc3cc(-c4cnccc4C)nc(N)c3cn2)cc1C1CC1. The molecule has 0 bridgehead atoms. The lowest BCUT2D eigenvalue weighted by Gasteiger charge is -2.09. The van der Waals surface area contributed by atoms with Crippen LogP contribution in [0.4, 0.5) is 17.5 Å². The summed E-state index contributed by atoms with van der Waals surface area (Å²) in [6.07, 6.45) is 7.86. The van der Waals surface area contributed by atoms with Crippen LogP contribution in [-0.2, 0) is 6.54 Å². The molecule has 1 aliphatic carbocycles. The topological polar surface area (TPSA) is 94.5 Å². The van der Waals surface area contributed by atoms with Crippen LogP contribution in [0.25, 0.3) is 22.0 Å². The second-order valence-corrected chi connectivity index (χ2v) is 7.54. The normalized spacial score (nSPS) is 13.7. The summed E-state index contributed by atoms with van der Waals surface area (Å²) in [5, 5.41) is 9.84. The van der Waals surface area contributed by atoms with Gasteiger partial charge in [0.2, 0.25) is 0 Å². The number of rotatable bonds is 5. The van der Waals surface area contributed by atoms with Crippen molar-refractivity contribution in [1.29, 1.82) is 0 Å². The summed E-state index contributed by atoms with van der Waals surface area (Å²) >= 11 is 0. The Hall–Kier alpha value is -3.48. The van der Waals surface area contributed by atoms with E-state index < -0.39 is 0 Å². The molecule has 7 heteroatoms. The first-order chi connectivity index (χ1) is 14.1. The van der Waals surface area contributed by atoms with Crippen LogP contribution in [0.2, 0.25) is 0 Å². The zero-order chi connectivity index (χ0) is 20.0. The average molecular weight is 385 g/mol. The number of nitrogen functional groups attached to an aromatic ring is 1. The van der Waals surface area contributed by atoms with Crippen molar-refractivity contribution in [2.24, 2.45) is 0 Å². The number of aryl methyl sites for hydroxylation is 2. The molecule has 1 aliphatic rings. The first-order valence-corrected chi connectivity index (χ1v) is 9.94. The monoisotopic (exact) mass is 385 g/mol. The van der Waals surface area contributed by atoms with Crippen LogP contribution in [0, 0.1) is 6.92 Å². The van der Waals surface area contributed by atoms with Gasteiger partial charge in [0.25, 0.3) is 0 Å². The molecule has 1 fully saturated rings. The second kappa shape index (κ2) is 6.84. The summed E-state index contributed by atoms with van der Waals surface area (Å²) in [6.45, 7) is 5.03. The van der Waals surface area contributed by atoms with Gasteiger partial charge in [0.15, 0.2) is 5.82 Å². The first kappa shape index (κ1) is 17.6. The molecular weight excluding hydrogens is 362 g/mol. The molecule has 0 atom stereocenters. The van der Waals surface area contributed by atoms with E-state index in [4.69, 9.17) is 5.73 Å². The van der Waals surface area contributed by atoms with E-state index in [-0.39, 0.29) is 0 Å². The van der Waals surface area contributed by atoms with Crippen LogP contribution in [0.5, 0.6) is 0 Å². The highest BCUT2D eigenvalue weighted by Gasteiger charge is 2.27. The molecule has 146 valence electrons. The lowest BCUT2D eigenvalue weighted by atomic mass is 10.1. The van der Waals surface area contributed by atoms with Gasteiger partial charge in [-0.05, 0) is 55.8 Å². The maximum Gasteiger partial charge on any atom is 0.153 e. The maximum atomic E-state index is 6.22. The highest BCUT2D eigenvalue weighted by molar-refractivity contribution is 5.94. The summed E-state index contributed by atoms with van der Waals surface area (Å²) < 4.78 is 2.08.